The number of ether oxygens (including phenoxy) is 1. The van der Waals surface area contributed by atoms with Gasteiger partial charge in [-0.3, -0.25) is 0 Å². The molecule has 2 N–H and O–H groups in total. The Morgan fingerprint density at radius 2 is 2.04 bits per heavy atom. The topological polar surface area (TPSA) is 61.8 Å². The SMILES string of the molecule is CCNC(=NCc1ccccc1OCCN(C)C)NCCc1ncc(C)s1.I. The number of rotatable bonds is 10. The van der Waals surface area contributed by atoms with Crippen LogP contribution < -0.4 is 15.4 Å². The number of likely N-dealkylation sites (N-methyl/N-ethyl adjacent to an activating group) is 1. The summed E-state index contributed by atoms with van der Waals surface area (Å²) in [5.41, 5.74) is 1.09. The first-order valence-corrected chi connectivity index (χ1v) is 10.2. The van der Waals surface area contributed by atoms with Gasteiger partial charge < -0.3 is 20.3 Å². The third-order valence-corrected chi connectivity index (χ3v) is 4.79. The molecule has 2 aromatic rings. The summed E-state index contributed by atoms with van der Waals surface area (Å²) in [4.78, 5) is 12.5. The molecule has 0 aliphatic rings. The molecule has 0 spiro atoms. The van der Waals surface area contributed by atoms with Gasteiger partial charge in [0, 0.05) is 42.7 Å². The van der Waals surface area contributed by atoms with Gasteiger partial charge in [-0.05, 0) is 34.0 Å². The molecule has 0 saturated carbocycles. The molecule has 6 nitrogen and oxygen atoms in total. The van der Waals surface area contributed by atoms with Crippen molar-refractivity contribution in [1.82, 2.24) is 20.5 Å². The van der Waals surface area contributed by atoms with E-state index >= 15 is 0 Å². The molecule has 1 heterocycles. The normalized spacial score (nSPS) is 11.2. The number of aliphatic imine (C=N–C) groups is 1. The number of nitrogens with one attached hydrogen (secondary N) is 2. The highest BCUT2D eigenvalue weighted by molar-refractivity contribution is 14.0. The molecule has 0 fully saturated rings. The molecule has 0 unspecified atom stereocenters. The quantitative estimate of drug-likeness (QED) is 0.288. The second-order valence-electron chi connectivity index (χ2n) is 6.50. The number of halogens is 1. The Bertz CT molecular complexity index is 720. The largest absolute Gasteiger partial charge is 0.492 e. The summed E-state index contributed by atoms with van der Waals surface area (Å²) < 4.78 is 5.92. The highest BCUT2D eigenvalue weighted by atomic mass is 127. The van der Waals surface area contributed by atoms with E-state index in [2.05, 4.69) is 40.4 Å². The van der Waals surface area contributed by atoms with E-state index in [0.29, 0.717) is 13.2 Å². The molecule has 0 bridgehead atoms. The minimum Gasteiger partial charge on any atom is -0.492 e. The molecule has 1 aromatic carbocycles. The van der Waals surface area contributed by atoms with Crippen LogP contribution in [0.3, 0.4) is 0 Å². The van der Waals surface area contributed by atoms with Gasteiger partial charge in [-0.15, -0.1) is 35.3 Å². The van der Waals surface area contributed by atoms with E-state index < -0.39 is 0 Å². The van der Waals surface area contributed by atoms with Crippen molar-refractivity contribution in [3.63, 3.8) is 0 Å². The third kappa shape index (κ3) is 9.20. The Morgan fingerprint density at radius 3 is 2.71 bits per heavy atom. The molecule has 0 aliphatic heterocycles. The molecule has 28 heavy (non-hydrogen) atoms. The maximum atomic E-state index is 5.92. The van der Waals surface area contributed by atoms with Crippen LogP contribution in [0.5, 0.6) is 5.75 Å². The number of benzene rings is 1. The summed E-state index contributed by atoms with van der Waals surface area (Å²) >= 11 is 1.74. The van der Waals surface area contributed by atoms with Crippen LogP contribution >= 0.6 is 35.3 Å². The van der Waals surface area contributed by atoms with E-state index in [0.717, 1.165) is 48.3 Å². The average Bonchev–Trinajstić information content (AvgIpc) is 3.05. The summed E-state index contributed by atoms with van der Waals surface area (Å²) in [6.07, 6.45) is 2.82. The van der Waals surface area contributed by atoms with Crippen LogP contribution in [0.1, 0.15) is 22.4 Å². The van der Waals surface area contributed by atoms with Gasteiger partial charge >= 0.3 is 0 Å². The monoisotopic (exact) mass is 517 g/mol. The second-order valence-corrected chi connectivity index (χ2v) is 7.82. The van der Waals surface area contributed by atoms with E-state index in [-0.39, 0.29) is 24.0 Å². The number of aryl methyl sites for hydroxylation is 1. The van der Waals surface area contributed by atoms with Gasteiger partial charge in [-0.1, -0.05) is 18.2 Å². The minimum absolute atomic E-state index is 0. The number of aromatic nitrogens is 1. The molecule has 0 radical (unpaired) electrons. The maximum absolute atomic E-state index is 5.92. The number of nitrogens with zero attached hydrogens (tertiary/aromatic N) is 3. The van der Waals surface area contributed by atoms with E-state index in [4.69, 9.17) is 9.73 Å². The number of hydrogen-bond donors (Lipinski definition) is 2. The predicted molar refractivity (Wildman–Crippen MR) is 129 cm³/mol. The Hall–Kier alpha value is -1.39. The Labute approximate surface area is 189 Å². The van der Waals surface area contributed by atoms with Crippen LogP contribution in [0.15, 0.2) is 35.5 Å². The summed E-state index contributed by atoms with van der Waals surface area (Å²) in [6, 6.07) is 8.09. The Kier molecular flexibility index (Phi) is 12.1. The van der Waals surface area contributed by atoms with Gasteiger partial charge in [0.05, 0.1) is 11.6 Å². The molecule has 0 amide bonds. The van der Waals surface area contributed by atoms with Crippen LogP contribution in [0.2, 0.25) is 0 Å². The summed E-state index contributed by atoms with van der Waals surface area (Å²) in [5.74, 6) is 1.71. The maximum Gasteiger partial charge on any atom is 0.191 e. The number of para-hydroxylation sites is 1. The van der Waals surface area contributed by atoms with Crippen molar-refractivity contribution in [1.29, 1.82) is 0 Å². The van der Waals surface area contributed by atoms with Crippen LogP contribution in [-0.2, 0) is 13.0 Å². The number of thiazole rings is 1. The lowest BCUT2D eigenvalue weighted by Gasteiger charge is -2.14. The number of guanidine groups is 1. The molecule has 1 aromatic heterocycles. The molecule has 0 aliphatic carbocycles. The molecular weight excluding hydrogens is 485 g/mol. The van der Waals surface area contributed by atoms with Crippen molar-refractivity contribution in [3.05, 3.63) is 45.9 Å². The first kappa shape index (κ1) is 24.6. The predicted octanol–water partition coefficient (Wildman–Crippen LogP) is 3.31. The van der Waals surface area contributed by atoms with Crippen molar-refractivity contribution >= 4 is 41.3 Å². The van der Waals surface area contributed by atoms with Crippen molar-refractivity contribution in [2.45, 2.75) is 26.8 Å². The lowest BCUT2D eigenvalue weighted by Crippen LogP contribution is -2.38. The Balaban J connectivity index is 0.00000392. The van der Waals surface area contributed by atoms with Crippen LogP contribution in [0.25, 0.3) is 0 Å². The van der Waals surface area contributed by atoms with Crippen molar-refractivity contribution in [2.24, 2.45) is 4.99 Å². The smallest absolute Gasteiger partial charge is 0.191 e. The van der Waals surface area contributed by atoms with Crippen LogP contribution in [0.4, 0.5) is 0 Å². The number of hydrogen-bond acceptors (Lipinski definition) is 5. The van der Waals surface area contributed by atoms with E-state index in [9.17, 15) is 0 Å². The zero-order valence-electron chi connectivity index (χ0n) is 17.2. The first-order chi connectivity index (χ1) is 13.1. The lowest BCUT2D eigenvalue weighted by molar-refractivity contribution is 0.259. The zero-order valence-corrected chi connectivity index (χ0v) is 20.3. The molecular formula is C20H32IN5OS. The zero-order chi connectivity index (χ0) is 19.5. The average molecular weight is 517 g/mol. The standard InChI is InChI=1S/C20H31N5OS.HI/c1-5-21-20(22-11-10-19-23-14-16(2)27-19)24-15-17-8-6-7-9-18(17)26-13-12-25(3)4;/h6-9,14H,5,10-13,15H2,1-4H3,(H2,21,22,24);1H. The summed E-state index contributed by atoms with van der Waals surface area (Å²) in [6.45, 7) is 7.90. The van der Waals surface area contributed by atoms with Gasteiger partial charge in [0.15, 0.2) is 5.96 Å². The van der Waals surface area contributed by atoms with E-state index in [1.165, 1.54) is 4.88 Å². The third-order valence-electron chi connectivity index (χ3n) is 3.82. The van der Waals surface area contributed by atoms with Gasteiger partial charge in [0.2, 0.25) is 0 Å². The van der Waals surface area contributed by atoms with Gasteiger partial charge in [-0.25, -0.2) is 9.98 Å². The van der Waals surface area contributed by atoms with Gasteiger partial charge in [0.1, 0.15) is 12.4 Å². The fourth-order valence-corrected chi connectivity index (χ4v) is 3.21. The fourth-order valence-electron chi connectivity index (χ4n) is 2.42. The summed E-state index contributed by atoms with van der Waals surface area (Å²) in [5, 5.41) is 7.83. The van der Waals surface area contributed by atoms with Crippen molar-refractivity contribution in [3.8, 4) is 5.75 Å². The van der Waals surface area contributed by atoms with Gasteiger partial charge in [0.25, 0.3) is 0 Å². The highest BCUT2D eigenvalue weighted by Gasteiger charge is 2.05. The molecule has 156 valence electrons. The molecule has 2 rings (SSSR count). The molecule has 0 saturated heterocycles. The molecule has 8 heteroatoms. The summed E-state index contributed by atoms with van der Waals surface area (Å²) in [7, 11) is 4.09. The van der Waals surface area contributed by atoms with Gasteiger partial charge in [-0.2, -0.15) is 0 Å². The van der Waals surface area contributed by atoms with E-state index in [1.807, 2.05) is 38.5 Å². The van der Waals surface area contributed by atoms with Crippen LogP contribution in [0, 0.1) is 6.92 Å². The fraction of sp³-hybridized carbons (Fsp3) is 0.500. The first-order valence-electron chi connectivity index (χ1n) is 9.37. The van der Waals surface area contributed by atoms with Crippen molar-refractivity contribution < 1.29 is 4.74 Å². The molecule has 0 atom stereocenters. The van der Waals surface area contributed by atoms with E-state index in [1.54, 1.807) is 11.3 Å². The Morgan fingerprint density at radius 1 is 1.25 bits per heavy atom. The lowest BCUT2D eigenvalue weighted by atomic mass is 10.2. The second kappa shape index (κ2) is 13.7. The van der Waals surface area contributed by atoms with Crippen molar-refractivity contribution in [2.75, 3.05) is 40.3 Å². The minimum atomic E-state index is 0. The highest BCUT2D eigenvalue weighted by Crippen LogP contribution is 2.18. The van der Waals surface area contributed by atoms with Crippen LogP contribution in [-0.4, -0.2) is 56.2 Å².